The van der Waals surface area contributed by atoms with Crippen molar-refractivity contribution in [3.63, 3.8) is 0 Å². The highest BCUT2D eigenvalue weighted by atomic mass is 16.5. The summed E-state index contributed by atoms with van der Waals surface area (Å²) in [5, 5.41) is 7.80. The van der Waals surface area contributed by atoms with E-state index in [1.165, 1.54) is 5.56 Å². The monoisotopic (exact) mass is 391 g/mol. The van der Waals surface area contributed by atoms with Crippen LogP contribution in [0.15, 0.2) is 42.6 Å². The molecule has 0 aliphatic carbocycles. The van der Waals surface area contributed by atoms with Gasteiger partial charge in [-0.15, -0.1) is 0 Å². The lowest BCUT2D eigenvalue weighted by Crippen LogP contribution is -2.28. The van der Waals surface area contributed by atoms with Crippen molar-refractivity contribution in [2.75, 3.05) is 23.9 Å². The van der Waals surface area contributed by atoms with Crippen LogP contribution in [0.4, 0.5) is 11.5 Å². The number of fused-ring (bicyclic) bond motifs is 1. The molecule has 0 unspecified atom stereocenters. The Balaban J connectivity index is 1.46. The molecule has 29 heavy (non-hydrogen) atoms. The Morgan fingerprint density at radius 1 is 1.24 bits per heavy atom. The molecule has 0 fully saturated rings. The maximum absolute atomic E-state index is 12.9. The zero-order valence-corrected chi connectivity index (χ0v) is 17.0. The van der Waals surface area contributed by atoms with Gasteiger partial charge in [0.05, 0.1) is 23.9 Å². The molecule has 0 radical (unpaired) electrons. The predicted octanol–water partition coefficient (Wildman–Crippen LogP) is 3.20. The fourth-order valence-electron chi connectivity index (χ4n) is 3.83. The van der Waals surface area contributed by atoms with E-state index in [4.69, 9.17) is 4.74 Å². The number of nitrogens with one attached hydrogen (secondary N) is 1. The number of methoxy groups -OCH3 is 1. The number of aryl methyl sites for hydroxylation is 2. The van der Waals surface area contributed by atoms with E-state index in [2.05, 4.69) is 28.4 Å². The Labute approximate surface area is 170 Å². The number of benzene rings is 1. The van der Waals surface area contributed by atoms with Gasteiger partial charge >= 0.3 is 0 Å². The third-order valence-corrected chi connectivity index (χ3v) is 5.29. The smallest absolute Gasteiger partial charge is 0.259 e. The van der Waals surface area contributed by atoms with Crippen LogP contribution in [0.2, 0.25) is 0 Å². The second kappa shape index (κ2) is 7.95. The lowest BCUT2D eigenvalue weighted by molar-refractivity contribution is 0.0989. The van der Waals surface area contributed by atoms with Gasteiger partial charge in [-0.2, -0.15) is 5.10 Å². The molecular formula is C22H25N5O2. The molecule has 4 rings (SSSR count). The van der Waals surface area contributed by atoms with Crippen LogP contribution < -0.4 is 15.0 Å². The van der Waals surface area contributed by atoms with Gasteiger partial charge in [0.1, 0.15) is 5.82 Å². The first-order valence-corrected chi connectivity index (χ1v) is 9.80. The van der Waals surface area contributed by atoms with E-state index in [9.17, 15) is 4.79 Å². The summed E-state index contributed by atoms with van der Waals surface area (Å²) in [5.41, 5.74) is 4.81. The number of pyridine rings is 1. The van der Waals surface area contributed by atoms with Crippen LogP contribution in [0.1, 0.15) is 34.1 Å². The fourth-order valence-corrected chi connectivity index (χ4v) is 3.83. The van der Waals surface area contributed by atoms with Gasteiger partial charge in [0.15, 0.2) is 0 Å². The second-order valence-electron chi connectivity index (χ2n) is 7.03. The minimum absolute atomic E-state index is 0.0174. The van der Waals surface area contributed by atoms with Crippen molar-refractivity contribution >= 4 is 17.4 Å². The molecule has 1 aliphatic rings. The molecule has 3 aromatic rings. The number of ether oxygens (including phenoxy) is 1. The van der Waals surface area contributed by atoms with Crippen LogP contribution in [0.3, 0.4) is 0 Å². The Morgan fingerprint density at radius 2 is 2.07 bits per heavy atom. The molecule has 1 N–H and O–H groups in total. The maximum atomic E-state index is 12.9. The quantitative estimate of drug-likeness (QED) is 0.699. The first-order chi connectivity index (χ1) is 14.1. The zero-order chi connectivity index (χ0) is 20.4. The minimum Gasteiger partial charge on any atom is -0.481 e. The van der Waals surface area contributed by atoms with Gasteiger partial charge < -0.3 is 15.0 Å². The molecule has 0 saturated carbocycles. The number of carbonyl (C=O) groups is 1. The van der Waals surface area contributed by atoms with Crippen LogP contribution in [0, 0.1) is 0 Å². The van der Waals surface area contributed by atoms with E-state index < -0.39 is 0 Å². The van der Waals surface area contributed by atoms with E-state index in [1.54, 1.807) is 18.0 Å². The molecule has 150 valence electrons. The molecule has 3 heterocycles. The van der Waals surface area contributed by atoms with Gasteiger partial charge in [0, 0.05) is 32.0 Å². The van der Waals surface area contributed by atoms with E-state index in [-0.39, 0.29) is 5.91 Å². The summed E-state index contributed by atoms with van der Waals surface area (Å²) in [6, 6.07) is 11.7. The standard InChI is InChI=1S/C22H25N5O2/c1-4-18-17(22(29-3)26(2)25-18)14-24-20-10-9-16(13-23-20)21(28)27-12-11-15-7-5-6-8-19(15)27/h5-10,13H,4,11-12,14H2,1-3H3,(H,23,24). The lowest BCUT2D eigenvalue weighted by atomic mass is 10.2. The third-order valence-electron chi connectivity index (χ3n) is 5.29. The number of nitrogens with zero attached hydrogens (tertiary/aromatic N) is 4. The van der Waals surface area contributed by atoms with Crippen molar-refractivity contribution in [1.82, 2.24) is 14.8 Å². The van der Waals surface area contributed by atoms with Crippen molar-refractivity contribution in [1.29, 1.82) is 0 Å². The summed E-state index contributed by atoms with van der Waals surface area (Å²) in [4.78, 5) is 19.2. The van der Waals surface area contributed by atoms with Crippen molar-refractivity contribution in [2.24, 2.45) is 7.05 Å². The summed E-state index contributed by atoms with van der Waals surface area (Å²) in [6.45, 7) is 3.33. The highest BCUT2D eigenvalue weighted by molar-refractivity contribution is 6.07. The predicted molar refractivity (Wildman–Crippen MR) is 113 cm³/mol. The Morgan fingerprint density at radius 3 is 2.79 bits per heavy atom. The number of hydrogen-bond donors (Lipinski definition) is 1. The SMILES string of the molecule is CCc1nn(C)c(OC)c1CNc1ccc(C(=O)N2CCc3ccccc32)cn1. The van der Waals surface area contributed by atoms with Gasteiger partial charge in [-0.25, -0.2) is 9.67 Å². The zero-order valence-electron chi connectivity index (χ0n) is 17.0. The number of hydrogen-bond acceptors (Lipinski definition) is 5. The normalized spacial score (nSPS) is 12.7. The first-order valence-electron chi connectivity index (χ1n) is 9.80. The second-order valence-corrected chi connectivity index (χ2v) is 7.03. The lowest BCUT2D eigenvalue weighted by Gasteiger charge is -2.17. The average Bonchev–Trinajstić information content (AvgIpc) is 3.32. The number of amides is 1. The molecule has 0 atom stereocenters. The number of anilines is 2. The summed E-state index contributed by atoms with van der Waals surface area (Å²) in [7, 11) is 3.52. The molecule has 0 spiro atoms. The largest absolute Gasteiger partial charge is 0.481 e. The molecule has 1 amide bonds. The van der Waals surface area contributed by atoms with Crippen LogP contribution in [0.5, 0.6) is 5.88 Å². The van der Waals surface area contributed by atoms with Crippen LogP contribution in [-0.2, 0) is 26.4 Å². The Hall–Kier alpha value is -3.35. The first kappa shape index (κ1) is 19.0. The van der Waals surface area contributed by atoms with Crippen molar-refractivity contribution in [3.8, 4) is 5.88 Å². The summed E-state index contributed by atoms with van der Waals surface area (Å²) >= 11 is 0. The van der Waals surface area contributed by atoms with Gasteiger partial charge in [-0.3, -0.25) is 4.79 Å². The minimum atomic E-state index is -0.0174. The van der Waals surface area contributed by atoms with Gasteiger partial charge in [0.2, 0.25) is 5.88 Å². The van der Waals surface area contributed by atoms with E-state index in [1.807, 2.05) is 42.3 Å². The molecular weight excluding hydrogens is 366 g/mol. The number of rotatable bonds is 6. The number of aromatic nitrogens is 3. The van der Waals surface area contributed by atoms with E-state index in [0.717, 1.165) is 35.7 Å². The third kappa shape index (κ3) is 3.55. The average molecular weight is 391 g/mol. The Bertz CT molecular complexity index is 1030. The molecule has 7 nitrogen and oxygen atoms in total. The van der Waals surface area contributed by atoms with Crippen LogP contribution in [0.25, 0.3) is 0 Å². The number of carbonyl (C=O) groups excluding carboxylic acids is 1. The molecule has 1 aliphatic heterocycles. The summed E-state index contributed by atoms with van der Waals surface area (Å²) < 4.78 is 7.22. The topological polar surface area (TPSA) is 72.3 Å². The summed E-state index contributed by atoms with van der Waals surface area (Å²) in [5.74, 6) is 1.43. The fraction of sp³-hybridized carbons (Fsp3) is 0.318. The van der Waals surface area contributed by atoms with Crippen molar-refractivity contribution in [2.45, 2.75) is 26.3 Å². The highest BCUT2D eigenvalue weighted by Gasteiger charge is 2.25. The molecule has 7 heteroatoms. The Kier molecular flexibility index (Phi) is 5.20. The highest BCUT2D eigenvalue weighted by Crippen LogP contribution is 2.29. The van der Waals surface area contributed by atoms with Gasteiger partial charge in [-0.1, -0.05) is 25.1 Å². The van der Waals surface area contributed by atoms with Gasteiger partial charge in [-0.05, 0) is 36.6 Å². The molecule has 0 bridgehead atoms. The molecule has 2 aromatic heterocycles. The molecule has 0 saturated heterocycles. The van der Waals surface area contributed by atoms with Crippen molar-refractivity contribution in [3.05, 3.63) is 65.0 Å². The maximum Gasteiger partial charge on any atom is 0.259 e. The van der Waals surface area contributed by atoms with Gasteiger partial charge in [0.25, 0.3) is 5.91 Å². The number of para-hydroxylation sites is 1. The summed E-state index contributed by atoms with van der Waals surface area (Å²) in [6.07, 6.45) is 3.35. The van der Waals surface area contributed by atoms with E-state index in [0.29, 0.717) is 24.5 Å². The van der Waals surface area contributed by atoms with Crippen LogP contribution in [-0.4, -0.2) is 34.3 Å². The molecule has 1 aromatic carbocycles. The van der Waals surface area contributed by atoms with Crippen LogP contribution >= 0.6 is 0 Å². The van der Waals surface area contributed by atoms with E-state index >= 15 is 0 Å². The van der Waals surface area contributed by atoms with Crippen molar-refractivity contribution < 1.29 is 9.53 Å².